The van der Waals surface area contributed by atoms with E-state index in [0.717, 1.165) is 32.1 Å². The maximum absolute atomic E-state index is 6.11. The first-order valence-electron chi connectivity index (χ1n) is 7.56. The Morgan fingerprint density at radius 2 is 2.15 bits per heavy atom. The molecule has 1 aromatic heterocycles. The van der Waals surface area contributed by atoms with Crippen molar-refractivity contribution in [2.75, 3.05) is 19.8 Å². The molecule has 1 aromatic rings. The second-order valence-electron chi connectivity index (χ2n) is 5.70. The van der Waals surface area contributed by atoms with Gasteiger partial charge in [-0.05, 0) is 19.8 Å². The van der Waals surface area contributed by atoms with E-state index in [1.165, 1.54) is 0 Å². The molecule has 2 atom stereocenters. The number of nitrogens with zero attached hydrogens (tertiary/aromatic N) is 2. The molecule has 1 saturated carbocycles. The first kappa shape index (κ1) is 14.0. The first-order chi connectivity index (χ1) is 9.75. The van der Waals surface area contributed by atoms with Crippen molar-refractivity contribution in [3.63, 3.8) is 0 Å². The van der Waals surface area contributed by atoms with Crippen LogP contribution in [-0.4, -0.2) is 36.0 Å². The summed E-state index contributed by atoms with van der Waals surface area (Å²) >= 11 is 0. The average Bonchev–Trinajstić information content (AvgIpc) is 3.08. The third-order valence-corrected chi connectivity index (χ3v) is 4.46. The van der Waals surface area contributed by atoms with E-state index in [0.29, 0.717) is 31.5 Å². The maximum Gasteiger partial charge on any atom is 0.231 e. The summed E-state index contributed by atoms with van der Waals surface area (Å²) < 4.78 is 16.9. The fourth-order valence-electron chi connectivity index (χ4n) is 3.28. The number of hydrogen-bond acceptors (Lipinski definition) is 6. The second-order valence-corrected chi connectivity index (χ2v) is 5.70. The molecule has 20 heavy (non-hydrogen) atoms. The lowest BCUT2D eigenvalue weighted by atomic mass is 9.93. The quantitative estimate of drug-likeness (QED) is 0.904. The summed E-state index contributed by atoms with van der Waals surface area (Å²) in [6.45, 7) is 3.97. The maximum atomic E-state index is 6.11. The van der Waals surface area contributed by atoms with Crippen LogP contribution in [-0.2, 0) is 15.1 Å². The van der Waals surface area contributed by atoms with E-state index < -0.39 is 5.60 Å². The zero-order valence-electron chi connectivity index (χ0n) is 12.0. The van der Waals surface area contributed by atoms with E-state index in [9.17, 15) is 0 Å². The average molecular weight is 281 g/mol. The van der Waals surface area contributed by atoms with E-state index in [2.05, 4.69) is 10.1 Å². The molecule has 0 spiro atoms. The SMILES string of the molecule is CCOC1(c2noc(C3CCCC3N)n2)CCOCC1. The number of ether oxygens (including phenoxy) is 2. The summed E-state index contributed by atoms with van der Waals surface area (Å²) in [6.07, 6.45) is 4.75. The van der Waals surface area contributed by atoms with Gasteiger partial charge in [0.25, 0.3) is 0 Å². The molecule has 1 aliphatic heterocycles. The number of hydrogen-bond donors (Lipinski definition) is 1. The van der Waals surface area contributed by atoms with Gasteiger partial charge in [-0.15, -0.1) is 0 Å². The summed E-state index contributed by atoms with van der Waals surface area (Å²) in [5, 5.41) is 4.19. The lowest BCUT2D eigenvalue weighted by molar-refractivity contribution is -0.118. The van der Waals surface area contributed by atoms with Crippen molar-refractivity contribution in [2.24, 2.45) is 5.73 Å². The van der Waals surface area contributed by atoms with Gasteiger partial charge in [0.15, 0.2) is 0 Å². The van der Waals surface area contributed by atoms with Crippen LogP contribution < -0.4 is 5.73 Å². The number of rotatable bonds is 4. The Bertz CT molecular complexity index is 437. The fourth-order valence-corrected chi connectivity index (χ4v) is 3.28. The lowest BCUT2D eigenvalue weighted by Crippen LogP contribution is -2.37. The van der Waals surface area contributed by atoms with Gasteiger partial charge in [0.05, 0.1) is 5.92 Å². The highest BCUT2D eigenvalue weighted by molar-refractivity contribution is 5.08. The second kappa shape index (κ2) is 5.79. The summed E-state index contributed by atoms with van der Waals surface area (Å²) in [5.74, 6) is 1.54. The molecule has 3 rings (SSSR count). The van der Waals surface area contributed by atoms with Gasteiger partial charge in [-0.25, -0.2) is 0 Å². The van der Waals surface area contributed by atoms with Crippen molar-refractivity contribution in [3.8, 4) is 0 Å². The van der Waals surface area contributed by atoms with Crippen LogP contribution in [0.5, 0.6) is 0 Å². The van der Waals surface area contributed by atoms with Crippen molar-refractivity contribution in [1.82, 2.24) is 10.1 Å². The van der Waals surface area contributed by atoms with Crippen LogP contribution in [0.25, 0.3) is 0 Å². The minimum Gasteiger partial charge on any atom is -0.381 e. The van der Waals surface area contributed by atoms with Gasteiger partial charge in [-0.1, -0.05) is 11.6 Å². The third kappa shape index (κ3) is 2.47. The lowest BCUT2D eigenvalue weighted by Gasteiger charge is -2.33. The van der Waals surface area contributed by atoms with Crippen LogP contribution in [0.4, 0.5) is 0 Å². The smallest absolute Gasteiger partial charge is 0.231 e. The Balaban J connectivity index is 1.83. The topological polar surface area (TPSA) is 83.4 Å². The van der Waals surface area contributed by atoms with Crippen molar-refractivity contribution >= 4 is 0 Å². The molecule has 2 heterocycles. The van der Waals surface area contributed by atoms with E-state index in [1.54, 1.807) is 0 Å². The molecule has 112 valence electrons. The molecule has 2 fully saturated rings. The van der Waals surface area contributed by atoms with Crippen LogP contribution in [0.3, 0.4) is 0 Å². The van der Waals surface area contributed by atoms with Gasteiger partial charge in [0.1, 0.15) is 5.60 Å². The Morgan fingerprint density at radius 3 is 2.80 bits per heavy atom. The molecular formula is C14H23N3O3. The number of nitrogens with two attached hydrogens (primary N) is 1. The molecule has 2 N–H and O–H groups in total. The van der Waals surface area contributed by atoms with Crippen molar-refractivity contribution in [1.29, 1.82) is 0 Å². The standard InChI is InChI=1S/C14H23N3O3/c1-2-19-14(6-8-18-9-7-14)13-16-12(20-17-13)10-4-3-5-11(10)15/h10-11H,2-9,15H2,1H3. The number of aromatic nitrogens is 2. The Hall–Kier alpha value is -0.980. The van der Waals surface area contributed by atoms with Crippen LogP contribution in [0.1, 0.15) is 56.7 Å². The minimum atomic E-state index is -0.447. The predicted octanol–water partition coefficient (Wildman–Crippen LogP) is 1.71. The normalized spacial score (nSPS) is 29.7. The fraction of sp³-hybridized carbons (Fsp3) is 0.857. The van der Waals surface area contributed by atoms with Gasteiger partial charge >= 0.3 is 0 Å². The highest BCUT2D eigenvalue weighted by Crippen LogP contribution is 2.37. The first-order valence-corrected chi connectivity index (χ1v) is 7.56. The van der Waals surface area contributed by atoms with Crippen LogP contribution >= 0.6 is 0 Å². The Morgan fingerprint density at radius 1 is 1.35 bits per heavy atom. The summed E-state index contributed by atoms with van der Waals surface area (Å²) in [7, 11) is 0. The Kier molecular flexibility index (Phi) is 4.05. The van der Waals surface area contributed by atoms with Crippen molar-refractivity contribution in [2.45, 2.75) is 56.6 Å². The zero-order chi connectivity index (χ0) is 14.0. The summed E-state index contributed by atoms with van der Waals surface area (Å²) in [6, 6.07) is 0.140. The summed E-state index contributed by atoms with van der Waals surface area (Å²) in [5.41, 5.74) is 5.66. The molecule has 2 aliphatic rings. The Labute approximate surface area is 119 Å². The molecule has 0 amide bonds. The summed E-state index contributed by atoms with van der Waals surface area (Å²) in [4.78, 5) is 4.62. The van der Waals surface area contributed by atoms with Crippen LogP contribution in [0.15, 0.2) is 4.52 Å². The van der Waals surface area contributed by atoms with Gasteiger partial charge in [-0.2, -0.15) is 4.98 Å². The van der Waals surface area contributed by atoms with Gasteiger partial charge in [-0.3, -0.25) is 0 Å². The van der Waals surface area contributed by atoms with Crippen molar-refractivity contribution in [3.05, 3.63) is 11.7 Å². The van der Waals surface area contributed by atoms with Gasteiger partial charge < -0.3 is 19.7 Å². The molecule has 6 heteroatoms. The molecule has 2 unspecified atom stereocenters. The molecule has 0 bridgehead atoms. The van der Waals surface area contributed by atoms with Crippen LogP contribution in [0.2, 0.25) is 0 Å². The third-order valence-electron chi connectivity index (χ3n) is 4.46. The molecular weight excluding hydrogens is 258 g/mol. The highest BCUT2D eigenvalue weighted by Gasteiger charge is 2.41. The largest absolute Gasteiger partial charge is 0.381 e. The monoisotopic (exact) mass is 281 g/mol. The predicted molar refractivity (Wildman–Crippen MR) is 72.2 cm³/mol. The molecule has 6 nitrogen and oxygen atoms in total. The van der Waals surface area contributed by atoms with Crippen LogP contribution in [0, 0.1) is 0 Å². The molecule has 1 aliphatic carbocycles. The zero-order valence-corrected chi connectivity index (χ0v) is 12.0. The van der Waals surface area contributed by atoms with E-state index in [1.807, 2.05) is 6.92 Å². The molecule has 0 radical (unpaired) electrons. The highest BCUT2D eigenvalue weighted by atomic mass is 16.5. The van der Waals surface area contributed by atoms with Gasteiger partial charge in [0, 0.05) is 38.7 Å². The molecule has 0 aromatic carbocycles. The minimum absolute atomic E-state index is 0.140. The van der Waals surface area contributed by atoms with Crippen molar-refractivity contribution < 1.29 is 14.0 Å². The van der Waals surface area contributed by atoms with E-state index >= 15 is 0 Å². The molecule has 1 saturated heterocycles. The van der Waals surface area contributed by atoms with E-state index in [4.69, 9.17) is 19.7 Å². The van der Waals surface area contributed by atoms with Gasteiger partial charge in [0.2, 0.25) is 11.7 Å². The van der Waals surface area contributed by atoms with E-state index in [-0.39, 0.29) is 12.0 Å².